The van der Waals surface area contributed by atoms with E-state index in [9.17, 15) is 0 Å². The Labute approximate surface area is 190 Å². The minimum atomic E-state index is 0. The molecule has 4 rings (SSSR count). The first-order valence-corrected chi connectivity index (χ1v) is 11.4. The van der Waals surface area contributed by atoms with Crippen molar-refractivity contribution in [2.24, 2.45) is 4.99 Å². The molecule has 3 fully saturated rings. The number of thiophene rings is 1. The van der Waals surface area contributed by atoms with Crippen molar-refractivity contribution in [3.05, 3.63) is 22.4 Å². The zero-order chi connectivity index (χ0) is 18.5. The summed E-state index contributed by atoms with van der Waals surface area (Å²) in [6.45, 7) is 4.37. The van der Waals surface area contributed by atoms with E-state index in [4.69, 9.17) is 9.47 Å². The third-order valence-corrected chi connectivity index (χ3v) is 7.54. The zero-order valence-corrected chi connectivity index (χ0v) is 20.0. The largest absolute Gasteiger partial charge is 0.375 e. The number of guanidine groups is 1. The summed E-state index contributed by atoms with van der Waals surface area (Å²) in [7, 11) is 1.90. The first-order valence-electron chi connectivity index (χ1n) is 10.5. The average molecular weight is 519 g/mol. The fourth-order valence-electron chi connectivity index (χ4n) is 4.89. The van der Waals surface area contributed by atoms with Gasteiger partial charge >= 0.3 is 0 Å². The SMILES string of the molecule is CN=C(NCC1(c2cccs2)CCCCC1)N1CCOC(C2CCCO2)C1.I. The van der Waals surface area contributed by atoms with Crippen LogP contribution in [0.15, 0.2) is 22.5 Å². The molecule has 2 unspecified atom stereocenters. The number of ether oxygens (including phenoxy) is 2. The molecule has 0 amide bonds. The van der Waals surface area contributed by atoms with Gasteiger partial charge in [-0.3, -0.25) is 4.99 Å². The van der Waals surface area contributed by atoms with E-state index in [0.717, 1.165) is 51.6 Å². The van der Waals surface area contributed by atoms with Gasteiger partial charge in [-0.05, 0) is 37.1 Å². The van der Waals surface area contributed by atoms with Crippen molar-refractivity contribution >= 4 is 41.3 Å². The van der Waals surface area contributed by atoms with Crippen molar-refractivity contribution < 1.29 is 9.47 Å². The minimum Gasteiger partial charge on any atom is -0.375 e. The molecule has 1 aliphatic carbocycles. The van der Waals surface area contributed by atoms with Gasteiger partial charge in [0.15, 0.2) is 5.96 Å². The molecule has 0 radical (unpaired) electrons. The predicted octanol–water partition coefficient (Wildman–Crippen LogP) is 4.02. The third kappa shape index (κ3) is 5.02. The molecule has 2 atom stereocenters. The molecule has 2 aliphatic heterocycles. The first kappa shape index (κ1) is 22.3. The van der Waals surface area contributed by atoms with E-state index in [0.29, 0.717) is 0 Å². The molecule has 3 aliphatic rings. The van der Waals surface area contributed by atoms with Crippen LogP contribution in [0.25, 0.3) is 0 Å². The smallest absolute Gasteiger partial charge is 0.193 e. The topological polar surface area (TPSA) is 46.1 Å². The number of hydrogen-bond donors (Lipinski definition) is 1. The van der Waals surface area contributed by atoms with Crippen LogP contribution in [0.5, 0.6) is 0 Å². The van der Waals surface area contributed by atoms with Crippen molar-refractivity contribution in [3.63, 3.8) is 0 Å². The van der Waals surface area contributed by atoms with E-state index < -0.39 is 0 Å². The Morgan fingerprint density at radius 3 is 2.71 bits per heavy atom. The number of halogens is 1. The van der Waals surface area contributed by atoms with Gasteiger partial charge < -0.3 is 19.7 Å². The Balaban J connectivity index is 0.00000225. The van der Waals surface area contributed by atoms with E-state index >= 15 is 0 Å². The van der Waals surface area contributed by atoms with Crippen molar-refractivity contribution in [3.8, 4) is 0 Å². The molecule has 0 bridgehead atoms. The Morgan fingerprint density at radius 2 is 2.04 bits per heavy atom. The van der Waals surface area contributed by atoms with Crippen molar-refractivity contribution in [1.29, 1.82) is 0 Å². The maximum Gasteiger partial charge on any atom is 0.193 e. The summed E-state index contributed by atoms with van der Waals surface area (Å²) in [5, 5.41) is 5.95. The molecule has 0 aromatic carbocycles. The number of aliphatic imine (C=N–C) groups is 1. The van der Waals surface area contributed by atoms with Crippen LogP contribution in [-0.4, -0.2) is 63.0 Å². The molecule has 3 heterocycles. The molecule has 5 nitrogen and oxygen atoms in total. The third-order valence-electron chi connectivity index (χ3n) is 6.42. The predicted molar refractivity (Wildman–Crippen MR) is 126 cm³/mol. The van der Waals surface area contributed by atoms with Crippen LogP contribution in [0.3, 0.4) is 0 Å². The lowest BCUT2D eigenvalue weighted by atomic mass is 9.73. The maximum absolute atomic E-state index is 6.01. The lowest BCUT2D eigenvalue weighted by Crippen LogP contribution is -2.55. The maximum atomic E-state index is 6.01. The summed E-state index contributed by atoms with van der Waals surface area (Å²) in [5.74, 6) is 1.02. The van der Waals surface area contributed by atoms with Crippen molar-refractivity contribution in [2.45, 2.75) is 62.6 Å². The summed E-state index contributed by atoms with van der Waals surface area (Å²) < 4.78 is 11.9. The van der Waals surface area contributed by atoms with Crippen LogP contribution < -0.4 is 5.32 Å². The molecular weight excluding hydrogens is 485 g/mol. The van der Waals surface area contributed by atoms with Crippen LogP contribution in [0.1, 0.15) is 49.8 Å². The van der Waals surface area contributed by atoms with E-state index in [-0.39, 0.29) is 41.6 Å². The fraction of sp³-hybridized carbons (Fsp3) is 0.762. The lowest BCUT2D eigenvalue weighted by Gasteiger charge is -2.40. The summed E-state index contributed by atoms with van der Waals surface area (Å²) in [4.78, 5) is 8.50. The van der Waals surface area contributed by atoms with Gasteiger partial charge in [0.2, 0.25) is 0 Å². The molecule has 0 spiro atoms. The minimum absolute atomic E-state index is 0. The quantitative estimate of drug-likeness (QED) is 0.371. The summed E-state index contributed by atoms with van der Waals surface area (Å²) in [5.41, 5.74) is 0.266. The molecule has 7 heteroatoms. The molecule has 1 saturated carbocycles. The summed E-state index contributed by atoms with van der Waals surface area (Å²) >= 11 is 1.91. The molecule has 158 valence electrons. The highest BCUT2D eigenvalue weighted by molar-refractivity contribution is 14.0. The van der Waals surface area contributed by atoms with E-state index in [1.807, 2.05) is 18.4 Å². The molecule has 28 heavy (non-hydrogen) atoms. The number of nitrogens with one attached hydrogen (secondary N) is 1. The van der Waals surface area contributed by atoms with Gasteiger partial charge in [-0.25, -0.2) is 0 Å². The lowest BCUT2D eigenvalue weighted by molar-refractivity contribution is -0.0817. The van der Waals surface area contributed by atoms with Gasteiger partial charge in [0.1, 0.15) is 6.10 Å². The Kier molecular flexibility index (Phi) is 8.44. The van der Waals surface area contributed by atoms with Gasteiger partial charge in [-0.15, -0.1) is 35.3 Å². The van der Waals surface area contributed by atoms with Gasteiger partial charge in [-0.1, -0.05) is 25.3 Å². The van der Waals surface area contributed by atoms with Gasteiger partial charge in [0, 0.05) is 43.6 Å². The second kappa shape index (κ2) is 10.6. The molecule has 1 aromatic rings. The highest BCUT2D eigenvalue weighted by Crippen LogP contribution is 2.41. The zero-order valence-electron chi connectivity index (χ0n) is 16.9. The Hall–Kier alpha value is -0.380. The number of hydrogen-bond acceptors (Lipinski definition) is 4. The monoisotopic (exact) mass is 519 g/mol. The highest BCUT2D eigenvalue weighted by atomic mass is 127. The Bertz CT molecular complexity index is 613. The van der Waals surface area contributed by atoms with Gasteiger partial charge in [0.25, 0.3) is 0 Å². The molecule has 1 N–H and O–H groups in total. The van der Waals surface area contributed by atoms with Crippen molar-refractivity contribution in [1.82, 2.24) is 10.2 Å². The van der Waals surface area contributed by atoms with Crippen LogP contribution >= 0.6 is 35.3 Å². The second-order valence-corrected chi connectivity index (χ2v) is 9.07. The van der Waals surface area contributed by atoms with Crippen LogP contribution in [0.4, 0.5) is 0 Å². The average Bonchev–Trinajstić information content (AvgIpc) is 3.44. The van der Waals surface area contributed by atoms with Gasteiger partial charge in [-0.2, -0.15) is 0 Å². The standard InChI is InChI=1S/C21H33N3O2S.HI/c1-22-20(24-11-13-26-18(15-24)17-7-5-12-25-17)23-16-21(9-3-2-4-10-21)19-8-6-14-27-19;/h6,8,14,17-18H,2-5,7,9-13,15-16H2,1H3,(H,22,23);1H. The normalized spacial score (nSPS) is 28.0. The van der Waals surface area contributed by atoms with E-state index in [2.05, 4.69) is 32.7 Å². The van der Waals surface area contributed by atoms with Crippen LogP contribution in [0.2, 0.25) is 0 Å². The first-order chi connectivity index (χ1) is 13.3. The molecular formula is C21H34IN3O2S. The number of nitrogens with zero attached hydrogens (tertiary/aromatic N) is 2. The fourth-order valence-corrected chi connectivity index (χ4v) is 5.88. The van der Waals surface area contributed by atoms with E-state index in [1.165, 1.54) is 37.0 Å². The van der Waals surface area contributed by atoms with E-state index in [1.54, 1.807) is 0 Å². The van der Waals surface area contributed by atoms with Crippen LogP contribution in [-0.2, 0) is 14.9 Å². The molecule has 2 saturated heterocycles. The van der Waals surface area contributed by atoms with Crippen LogP contribution in [0, 0.1) is 0 Å². The molecule has 1 aromatic heterocycles. The highest BCUT2D eigenvalue weighted by Gasteiger charge is 2.36. The van der Waals surface area contributed by atoms with Crippen molar-refractivity contribution in [2.75, 3.05) is 39.9 Å². The number of morpholine rings is 1. The summed E-state index contributed by atoms with van der Waals surface area (Å²) in [6.07, 6.45) is 9.27. The summed E-state index contributed by atoms with van der Waals surface area (Å²) in [6, 6.07) is 4.52. The van der Waals surface area contributed by atoms with Gasteiger partial charge in [0.05, 0.1) is 12.7 Å². The second-order valence-electron chi connectivity index (χ2n) is 8.13. The Morgan fingerprint density at radius 1 is 1.21 bits per heavy atom. The number of rotatable bonds is 4.